The highest BCUT2D eigenvalue weighted by Gasteiger charge is 2.09. The number of amides is 1. The summed E-state index contributed by atoms with van der Waals surface area (Å²) in [7, 11) is 0. The molecule has 0 bridgehead atoms. The van der Waals surface area contributed by atoms with Crippen LogP contribution in [0, 0.1) is 0 Å². The Morgan fingerprint density at radius 1 is 1.60 bits per heavy atom. The summed E-state index contributed by atoms with van der Waals surface area (Å²) in [6.07, 6.45) is 0.545. The fourth-order valence-corrected chi connectivity index (χ4v) is 2.04. The van der Waals surface area contributed by atoms with Gasteiger partial charge in [-0.25, -0.2) is 0 Å². The quantitative estimate of drug-likeness (QED) is 0.728. The average molecular weight is 226 g/mol. The molecule has 0 aromatic carbocycles. The number of hydrogen-bond acceptors (Lipinski definition) is 3. The summed E-state index contributed by atoms with van der Waals surface area (Å²) < 4.78 is 0. The number of carbonyl (C=O) groups is 1. The van der Waals surface area contributed by atoms with Gasteiger partial charge in [0, 0.05) is 17.8 Å². The van der Waals surface area contributed by atoms with Gasteiger partial charge in [0.2, 0.25) is 5.91 Å². The first-order valence-electron chi connectivity index (χ1n) is 5.27. The van der Waals surface area contributed by atoms with Crippen molar-refractivity contribution in [2.24, 2.45) is 0 Å². The maximum Gasteiger partial charge on any atom is 0.221 e. The van der Waals surface area contributed by atoms with Gasteiger partial charge in [0.15, 0.2) is 0 Å². The molecule has 3 nitrogen and oxygen atoms in total. The van der Waals surface area contributed by atoms with Crippen molar-refractivity contribution in [3.05, 3.63) is 22.4 Å². The van der Waals surface area contributed by atoms with E-state index in [0.29, 0.717) is 6.42 Å². The number of hydrogen-bond donors (Lipinski definition) is 2. The SMILES string of the molecule is CCNCCC(=O)NC(C)c1cccs1. The fourth-order valence-electron chi connectivity index (χ4n) is 1.30. The van der Waals surface area contributed by atoms with Crippen LogP contribution in [0.25, 0.3) is 0 Å². The largest absolute Gasteiger partial charge is 0.349 e. The molecule has 0 radical (unpaired) electrons. The third-order valence-corrected chi connectivity index (χ3v) is 3.18. The normalized spacial score (nSPS) is 12.4. The molecule has 0 fully saturated rings. The van der Waals surface area contributed by atoms with Crippen molar-refractivity contribution >= 4 is 17.2 Å². The van der Waals surface area contributed by atoms with Gasteiger partial charge in [-0.1, -0.05) is 13.0 Å². The number of thiophene rings is 1. The lowest BCUT2D eigenvalue weighted by Crippen LogP contribution is -2.29. The van der Waals surface area contributed by atoms with Crippen LogP contribution in [0.4, 0.5) is 0 Å². The number of carbonyl (C=O) groups excluding carboxylic acids is 1. The van der Waals surface area contributed by atoms with Crippen LogP contribution >= 0.6 is 11.3 Å². The molecule has 1 atom stereocenters. The van der Waals surface area contributed by atoms with E-state index in [-0.39, 0.29) is 11.9 Å². The molecule has 1 aromatic rings. The van der Waals surface area contributed by atoms with Gasteiger partial charge in [-0.05, 0) is 24.9 Å². The summed E-state index contributed by atoms with van der Waals surface area (Å²) in [4.78, 5) is 12.7. The van der Waals surface area contributed by atoms with Crippen molar-refractivity contribution in [1.82, 2.24) is 10.6 Å². The van der Waals surface area contributed by atoms with Crippen LogP contribution in [0.1, 0.15) is 31.2 Å². The van der Waals surface area contributed by atoms with Crippen LogP contribution in [0.3, 0.4) is 0 Å². The average Bonchev–Trinajstić information content (AvgIpc) is 2.70. The summed E-state index contributed by atoms with van der Waals surface area (Å²) in [6.45, 7) is 5.70. The van der Waals surface area contributed by atoms with Crippen molar-refractivity contribution in [3.8, 4) is 0 Å². The molecule has 15 heavy (non-hydrogen) atoms. The minimum Gasteiger partial charge on any atom is -0.349 e. The third kappa shape index (κ3) is 4.44. The lowest BCUT2D eigenvalue weighted by atomic mass is 10.2. The van der Waals surface area contributed by atoms with Crippen LogP contribution < -0.4 is 10.6 Å². The highest BCUT2D eigenvalue weighted by Crippen LogP contribution is 2.17. The van der Waals surface area contributed by atoms with Crippen molar-refractivity contribution < 1.29 is 4.79 Å². The van der Waals surface area contributed by atoms with E-state index in [1.165, 1.54) is 4.88 Å². The van der Waals surface area contributed by atoms with E-state index in [2.05, 4.69) is 10.6 Å². The van der Waals surface area contributed by atoms with Crippen LogP contribution in [0.15, 0.2) is 17.5 Å². The molecular weight excluding hydrogens is 208 g/mol. The van der Waals surface area contributed by atoms with Crippen LogP contribution in [0.5, 0.6) is 0 Å². The molecule has 0 aliphatic rings. The van der Waals surface area contributed by atoms with Crippen molar-refractivity contribution in [1.29, 1.82) is 0 Å². The molecule has 0 saturated carbocycles. The molecule has 84 valence electrons. The third-order valence-electron chi connectivity index (χ3n) is 2.13. The Bertz CT molecular complexity index is 285. The zero-order valence-corrected chi connectivity index (χ0v) is 10.1. The van der Waals surface area contributed by atoms with E-state index in [1.54, 1.807) is 11.3 Å². The molecule has 1 unspecified atom stereocenters. The lowest BCUT2D eigenvalue weighted by Gasteiger charge is -2.12. The van der Waals surface area contributed by atoms with Crippen LogP contribution in [0.2, 0.25) is 0 Å². The molecular formula is C11H18N2OS. The first-order chi connectivity index (χ1) is 7.24. The maximum atomic E-state index is 11.5. The first-order valence-corrected chi connectivity index (χ1v) is 6.15. The molecule has 1 aromatic heterocycles. The van der Waals surface area contributed by atoms with Crippen LogP contribution in [-0.2, 0) is 4.79 Å². The zero-order chi connectivity index (χ0) is 11.1. The highest BCUT2D eigenvalue weighted by molar-refractivity contribution is 7.10. The van der Waals surface area contributed by atoms with E-state index >= 15 is 0 Å². The summed E-state index contributed by atoms with van der Waals surface area (Å²) >= 11 is 1.67. The second kappa shape index (κ2) is 6.58. The predicted octanol–water partition coefficient (Wildman–Crippen LogP) is 1.92. The van der Waals surface area contributed by atoms with E-state index in [9.17, 15) is 4.79 Å². The van der Waals surface area contributed by atoms with E-state index in [0.717, 1.165) is 13.1 Å². The molecule has 0 aliphatic heterocycles. The topological polar surface area (TPSA) is 41.1 Å². The summed E-state index contributed by atoms with van der Waals surface area (Å²) in [5.74, 6) is 0.108. The van der Waals surface area contributed by atoms with Crippen molar-refractivity contribution in [2.45, 2.75) is 26.3 Å². The molecule has 1 amide bonds. The summed E-state index contributed by atoms with van der Waals surface area (Å²) in [5, 5.41) is 8.13. The molecule has 0 spiro atoms. The Balaban J connectivity index is 2.26. The molecule has 4 heteroatoms. The number of nitrogens with one attached hydrogen (secondary N) is 2. The predicted molar refractivity (Wildman–Crippen MR) is 64.0 cm³/mol. The second-order valence-corrected chi connectivity index (χ2v) is 4.39. The van der Waals surface area contributed by atoms with Crippen molar-refractivity contribution in [3.63, 3.8) is 0 Å². The summed E-state index contributed by atoms with van der Waals surface area (Å²) in [6, 6.07) is 4.17. The fraction of sp³-hybridized carbons (Fsp3) is 0.545. The minimum atomic E-state index is 0.108. The van der Waals surface area contributed by atoms with Gasteiger partial charge in [-0.15, -0.1) is 11.3 Å². The van der Waals surface area contributed by atoms with Gasteiger partial charge >= 0.3 is 0 Å². The van der Waals surface area contributed by atoms with Gasteiger partial charge in [0.25, 0.3) is 0 Å². The first kappa shape index (κ1) is 12.2. The molecule has 0 aliphatic carbocycles. The van der Waals surface area contributed by atoms with Crippen molar-refractivity contribution in [2.75, 3.05) is 13.1 Å². The Morgan fingerprint density at radius 2 is 2.40 bits per heavy atom. The minimum absolute atomic E-state index is 0.108. The Labute approximate surface area is 94.9 Å². The van der Waals surface area contributed by atoms with E-state index in [4.69, 9.17) is 0 Å². The second-order valence-electron chi connectivity index (χ2n) is 3.41. The summed E-state index contributed by atoms with van der Waals surface area (Å²) in [5.41, 5.74) is 0. The number of rotatable bonds is 6. The Hall–Kier alpha value is -0.870. The van der Waals surface area contributed by atoms with Gasteiger partial charge in [0.1, 0.15) is 0 Å². The molecule has 1 heterocycles. The van der Waals surface area contributed by atoms with Crippen LogP contribution in [-0.4, -0.2) is 19.0 Å². The highest BCUT2D eigenvalue weighted by atomic mass is 32.1. The monoisotopic (exact) mass is 226 g/mol. The van der Waals surface area contributed by atoms with Gasteiger partial charge < -0.3 is 10.6 Å². The maximum absolute atomic E-state index is 11.5. The van der Waals surface area contributed by atoms with E-state index in [1.807, 2.05) is 31.4 Å². The zero-order valence-electron chi connectivity index (χ0n) is 9.25. The Kier molecular flexibility index (Phi) is 5.36. The smallest absolute Gasteiger partial charge is 0.221 e. The van der Waals surface area contributed by atoms with Gasteiger partial charge in [-0.2, -0.15) is 0 Å². The standard InChI is InChI=1S/C11H18N2OS/c1-3-12-7-6-11(14)13-9(2)10-5-4-8-15-10/h4-5,8-9,12H,3,6-7H2,1-2H3,(H,13,14). The van der Waals surface area contributed by atoms with Gasteiger partial charge in [-0.3, -0.25) is 4.79 Å². The molecule has 0 saturated heterocycles. The lowest BCUT2D eigenvalue weighted by molar-refractivity contribution is -0.121. The molecule has 2 N–H and O–H groups in total. The van der Waals surface area contributed by atoms with E-state index < -0.39 is 0 Å². The van der Waals surface area contributed by atoms with Gasteiger partial charge in [0.05, 0.1) is 6.04 Å². The Morgan fingerprint density at radius 3 is 3.00 bits per heavy atom. The molecule has 1 rings (SSSR count).